The molecule has 0 amide bonds. The monoisotopic (exact) mass is 479 g/mol. The van der Waals surface area contributed by atoms with E-state index in [0.717, 1.165) is 41.8 Å². The van der Waals surface area contributed by atoms with E-state index in [9.17, 15) is 9.59 Å². The maximum Gasteiger partial charge on any atom is 0.332 e. The van der Waals surface area contributed by atoms with Gasteiger partial charge in [0.25, 0.3) is 5.56 Å². The molecule has 0 bridgehead atoms. The number of hydrogen-bond donors (Lipinski definition) is 2. The number of methoxy groups -OCH3 is 1. The highest BCUT2D eigenvalue weighted by Gasteiger charge is 2.34. The first kappa shape index (κ1) is 24.4. The van der Waals surface area contributed by atoms with E-state index >= 15 is 0 Å². The summed E-state index contributed by atoms with van der Waals surface area (Å²) in [6.45, 7) is 9.63. The van der Waals surface area contributed by atoms with Gasteiger partial charge < -0.3 is 4.74 Å². The highest BCUT2D eigenvalue weighted by Crippen LogP contribution is 2.44. The molecule has 6 nitrogen and oxygen atoms in total. The standard InChI is InChI=1S/C27H33N3O3S/c1-26(2,3)22-15-19(30-12-10-23(31)29-25(30)32)14-20(24(22)33-5)17-7-8-21-18(13-17)9-11-27(21,4)16-28-34-6/h7-8,10,12-15,28H,9,11,16H2,1-6H3,(H,29,31,32). The lowest BCUT2D eigenvalue weighted by atomic mass is 9.82. The number of nitrogens with one attached hydrogen (secondary N) is 2. The number of hydrogen-bond acceptors (Lipinski definition) is 5. The number of aromatic amines is 1. The molecule has 7 heteroatoms. The SMILES string of the molecule is COc1c(-c2ccc3c(c2)CCC3(C)CNSC)cc(-n2ccc(=O)[nH]c2=O)cc1C(C)(C)C. The fourth-order valence-corrected chi connectivity index (χ4v) is 5.34. The van der Waals surface area contributed by atoms with Gasteiger partial charge in [-0.05, 0) is 53.3 Å². The average molecular weight is 480 g/mol. The third-order valence-corrected chi connectivity index (χ3v) is 7.24. The Kier molecular flexibility index (Phi) is 6.53. The normalized spacial score (nSPS) is 17.6. The zero-order chi connectivity index (χ0) is 24.7. The first-order valence-electron chi connectivity index (χ1n) is 11.5. The van der Waals surface area contributed by atoms with Crippen molar-refractivity contribution in [3.05, 3.63) is 80.1 Å². The molecule has 1 unspecified atom stereocenters. The molecule has 2 aromatic carbocycles. The molecule has 1 aliphatic rings. The van der Waals surface area contributed by atoms with E-state index in [0.29, 0.717) is 5.69 Å². The number of ether oxygens (including phenoxy) is 1. The predicted molar refractivity (Wildman–Crippen MR) is 141 cm³/mol. The van der Waals surface area contributed by atoms with Gasteiger partial charge in [0.05, 0.1) is 12.8 Å². The van der Waals surface area contributed by atoms with Gasteiger partial charge in [-0.2, -0.15) is 0 Å². The van der Waals surface area contributed by atoms with E-state index in [1.165, 1.54) is 28.0 Å². The summed E-state index contributed by atoms with van der Waals surface area (Å²) in [5.74, 6) is 0.804. The Labute approximate surface area is 204 Å². The van der Waals surface area contributed by atoms with Crippen molar-refractivity contribution >= 4 is 11.9 Å². The van der Waals surface area contributed by atoms with Gasteiger partial charge in [0.15, 0.2) is 0 Å². The zero-order valence-corrected chi connectivity index (χ0v) is 21.6. The van der Waals surface area contributed by atoms with Gasteiger partial charge in [-0.15, -0.1) is 0 Å². The number of aromatic nitrogens is 2. The Morgan fingerprint density at radius 3 is 2.59 bits per heavy atom. The molecule has 1 aliphatic carbocycles. The van der Waals surface area contributed by atoms with Crippen LogP contribution < -0.4 is 20.7 Å². The molecule has 0 radical (unpaired) electrons. The van der Waals surface area contributed by atoms with Crippen molar-refractivity contribution in [3.63, 3.8) is 0 Å². The third-order valence-electron chi connectivity index (χ3n) is 6.81. The molecule has 0 saturated heterocycles. The third kappa shape index (κ3) is 4.46. The Morgan fingerprint density at radius 2 is 1.94 bits per heavy atom. The number of benzene rings is 2. The molecule has 180 valence electrons. The van der Waals surface area contributed by atoms with Gasteiger partial charge in [-0.1, -0.05) is 57.8 Å². The van der Waals surface area contributed by atoms with Gasteiger partial charge in [0.2, 0.25) is 0 Å². The van der Waals surface area contributed by atoms with Crippen LogP contribution >= 0.6 is 11.9 Å². The fraction of sp³-hybridized carbons (Fsp3) is 0.407. The van der Waals surface area contributed by atoms with Crippen LogP contribution in [0, 0.1) is 0 Å². The molecular weight excluding hydrogens is 446 g/mol. The van der Waals surface area contributed by atoms with Crippen molar-refractivity contribution in [2.24, 2.45) is 0 Å². The minimum absolute atomic E-state index is 0.114. The van der Waals surface area contributed by atoms with Crippen LogP contribution in [0.15, 0.2) is 52.2 Å². The Balaban J connectivity index is 1.91. The number of rotatable bonds is 6. The maximum absolute atomic E-state index is 12.6. The number of H-pyrrole nitrogens is 1. The molecule has 1 heterocycles. The largest absolute Gasteiger partial charge is 0.496 e. The van der Waals surface area contributed by atoms with E-state index in [4.69, 9.17) is 4.74 Å². The summed E-state index contributed by atoms with van der Waals surface area (Å²) >= 11 is 1.66. The molecule has 3 aromatic rings. The second-order valence-corrected chi connectivity index (χ2v) is 11.0. The second-order valence-electron chi connectivity index (χ2n) is 10.3. The molecule has 34 heavy (non-hydrogen) atoms. The molecule has 0 fully saturated rings. The van der Waals surface area contributed by atoms with Crippen LogP contribution in [0.4, 0.5) is 0 Å². The smallest absolute Gasteiger partial charge is 0.332 e. The van der Waals surface area contributed by atoms with Gasteiger partial charge in [0, 0.05) is 35.3 Å². The van der Waals surface area contributed by atoms with Crippen LogP contribution in [0.1, 0.15) is 50.8 Å². The number of nitrogens with zero attached hydrogens (tertiary/aromatic N) is 1. The lowest BCUT2D eigenvalue weighted by Gasteiger charge is -2.27. The lowest BCUT2D eigenvalue weighted by Crippen LogP contribution is -2.30. The Hall–Kier alpha value is -2.77. The molecule has 1 aromatic heterocycles. The fourth-order valence-electron chi connectivity index (χ4n) is 4.88. The van der Waals surface area contributed by atoms with Crippen LogP contribution in [0.25, 0.3) is 16.8 Å². The number of fused-ring (bicyclic) bond motifs is 1. The quantitative estimate of drug-likeness (QED) is 0.507. The average Bonchev–Trinajstić information content (AvgIpc) is 3.12. The molecular formula is C27H33N3O3S. The minimum Gasteiger partial charge on any atom is -0.496 e. The summed E-state index contributed by atoms with van der Waals surface area (Å²) in [6.07, 6.45) is 5.72. The molecule has 1 atom stereocenters. The first-order valence-corrected chi connectivity index (χ1v) is 12.7. The van der Waals surface area contributed by atoms with E-state index in [1.54, 1.807) is 19.1 Å². The Morgan fingerprint density at radius 1 is 1.18 bits per heavy atom. The van der Waals surface area contributed by atoms with Crippen LogP contribution in [-0.2, 0) is 17.3 Å². The van der Waals surface area contributed by atoms with Gasteiger partial charge >= 0.3 is 5.69 Å². The van der Waals surface area contributed by atoms with Crippen molar-refractivity contribution in [2.45, 2.75) is 51.4 Å². The first-order chi connectivity index (χ1) is 16.1. The van der Waals surface area contributed by atoms with Crippen LogP contribution in [0.3, 0.4) is 0 Å². The van der Waals surface area contributed by atoms with Crippen molar-refractivity contribution in [1.29, 1.82) is 0 Å². The van der Waals surface area contributed by atoms with Crippen molar-refractivity contribution in [2.75, 3.05) is 19.9 Å². The minimum atomic E-state index is -0.463. The van der Waals surface area contributed by atoms with Crippen molar-refractivity contribution in [1.82, 2.24) is 14.3 Å². The van der Waals surface area contributed by atoms with Gasteiger partial charge in [-0.3, -0.25) is 19.1 Å². The van der Waals surface area contributed by atoms with Crippen molar-refractivity contribution in [3.8, 4) is 22.6 Å². The number of aryl methyl sites for hydroxylation is 1. The summed E-state index contributed by atoms with van der Waals surface area (Å²) in [6, 6.07) is 12.0. The highest BCUT2D eigenvalue weighted by atomic mass is 32.2. The van der Waals surface area contributed by atoms with Crippen LogP contribution in [0.2, 0.25) is 0 Å². The second kappa shape index (κ2) is 9.12. The topological polar surface area (TPSA) is 76.1 Å². The molecule has 0 aliphatic heterocycles. The molecule has 0 saturated carbocycles. The molecule has 2 N–H and O–H groups in total. The van der Waals surface area contributed by atoms with Gasteiger partial charge in [0.1, 0.15) is 5.75 Å². The molecule has 0 spiro atoms. The van der Waals surface area contributed by atoms with E-state index in [1.807, 2.05) is 12.1 Å². The van der Waals surface area contributed by atoms with E-state index < -0.39 is 11.2 Å². The van der Waals surface area contributed by atoms with Crippen LogP contribution in [0.5, 0.6) is 5.75 Å². The highest BCUT2D eigenvalue weighted by molar-refractivity contribution is 7.96. The lowest BCUT2D eigenvalue weighted by molar-refractivity contribution is 0.399. The van der Waals surface area contributed by atoms with E-state index in [-0.39, 0.29) is 10.8 Å². The summed E-state index contributed by atoms with van der Waals surface area (Å²) in [5.41, 5.74) is 5.44. The summed E-state index contributed by atoms with van der Waals surface area (Å²) in [7, 11) is 1.69. The zero-order valence-electron chi connectivity index (χ0n) is 20.7. The Bertz CT molecular complexity index is 1340. The summed E-state index contributed by atoms with van der Waals surface area (Å²) < 4.78 is 10.9. The van der Waals surface area contributed by atoms with E-state index in [2.05, 4.69) is 61.9 Å². The summed E-state index contributed by atoms with van der Waals surface area (Å²) in [4.78, 5) is 26.6. The predicted octanol–water partition coefficient (Wildman–Crippen LogP) is 4.57. The van der Waals surface area contributed by atoms with Gasteiger partial charge in [-0.25, -0.2) is 4.79 Å². The summed E-state index contributed by atoms with van der Waals surface area (Å²) in [5, 5.41) is 0. The maximum atomic E-state index is 12.6. The molecule has 4 rings (SSSR count). The van der Waals surface area contributed by atoms with Crippen molar-refractivity contribution < 1.29 is 4.74 Å². The van der Waals surface area contributed by atoms with Crippen LogP contribution in [-0.4, -0.2) is 29.5 Å².